The molecule has 0 heteroatoms. The Balaban J connectivity index is 2.23. The lowest BCUT2D eigenvalue weighted by molar-refractivity contribution is 0.775. The van der Waals surface area contributed by atoms with Crippen LogP contribution in [0.4, 0.5) is 0 Å². The van der Waals surface area contributed by atoms with Crippen molar-refractivity contribution in [2.45, 2.75) is 27.7 Å². The van der Waals surface area contributed by atoms with E-state index < -0.39 is 0 Å². The van der Waals surface area contributed by atoms with Crippen molar-refractivity contribution < 1.29 is 0 Å². The van der Waals surface area contributed by atoms with E-state index in [1.54, 1.807) is 11.1 Å². The normalized spacial score (nSPS) is 44.0. The highest BCUT2D eigenvalue weighted by Gasteiger charge is 2.69. The maximum atomic E-state index is 2.37. The maximum absolute atomic E-state index is 2.37. The molecule has 2 rings (SSSR count). The van der Waals surface area contributed by atoms with Crippen molar-refractivity contribution in [2.24, 2.45) is 17.3 Å². The van der Waals surface area contributed by atoms with Crippen LogP contribution in [0.5, 0.6) is 0 Å². The summed E-state index contributed by atoms with van der Waals surface area (Å²) in [7, 11) is 0. The molecule has 2 aliphatic rings. The van der Waals surface area contributed by atoms with Gasteiger partial charge in [-0.05, 0) is 25.7 Å². The minimum atomic E-state index is 0.667. The summed E-state index contributed by atoms with van der Waals surface area (Å²) in [6.07, 6.45) is 0. The molecule has 1 saturated carbocycles. The van der Waals surface area contributed by atoms with Gasteiger partial charge >= 0.3 is 0 Å². The summed E-state index contributed by atoms with van der Waals surface area (Å²) in [6.45, 7) is 9.31. The first-order valence-corrected chi connectivity index (χ1v) is 3.82. The molecule has 0 bridgehead atoms. The van der Waals surface area contributed by atoms with E-state index in [4.69, 9.17) is 0 Å². The Labute approximate surface area is 57.0 Å². The highest BCUT2D eigenvalue weighted by atomic mass is 14.7. The first kappa shape index (κ1) is 5.52. The van der Waals surface area contributed by atoms with Gasteiger partial charge in [0.2, 0.25) is 0 Å². The van der Waals surface area contributed by atoms with E-state index in [9.17, 15) is 0 Å². The first-order chi connectivity index (χ1) is 4.13. The van der Waals surface area contributed by atoms with Gasteiger partial charge in [-0.25, -0.2) is 0 Å². The van der Waals surface area contributed by atoms with E-state index >= 15 is 0 Å². The molecule has 9 heavy (non-hydrogen) atoms. The van der Waals surface area contributed by atoms with Gasteiger partial charge in [-0.1, -0.05) is 25.0 Å². The molecule has 0 heterocycles. The van der Waals surface area contributed by atoms with Gasteiger partial charge in [-0.3, -0.25) is 0 Å². The van der Waals surface area contributed by atoms with E-state index in [1.807, 2.05) is 0 Å². The van der Waals surface area contributed by atoms with Crippen molar-refractivity contribution >= 4 is 0 Å². The van der Waals surface area contributed by atoms with Crippen LogP contribution < -0.4 is 0 Å². The minimum absolute atomic E-state index is 0.667. The molecule has 0 aliphatic heterocycles. The molecule has 2 unspecified atom stereocenters. The fourth-order valence-electron chi connectivity index (χ4n) is 2.75. The van der Waals surface area contributed by atoms with Crippen molar-refractivity contribution in [2.75, 3.05) is 0 Å². The Kier molecular flexibility index (Phi) is 0.685. The summed E-state index contributed by atoms with van der Waals surface area (Å²) in [6, 6.07) is 0. The standard InChI is InChI=1S/C9H14/c1-5-6(2)9(5)7(3)8(9)4/h5-6H,1-4H3. The summed E-state index contributed by atoms with van der Waals surface area (Å²) >= 11 is 0. The van der Waals surface area contributed by atoms with E-state index in [0.717, 1.165) is 11.8 Å². The average Bonchev–Trinajstić information content (AvgIpc) is 2.52. The third-order valence-electron chi connectivity index (χ3n) is 3.82. The third-order valence-corrected chi connectivity index (χ3v) is 3.82. The molecule has 0 N–H and O–H groups in total. The second-order valence-corrected chi connectivity index (χ2v) is 3.70. The average molecular weight is 122 g/mol. The molecular weight excluding hydrogens is 108 g/mol. The van der Waals surface area contributed by atoms with Gasteiger partial charge in [-0.15, -0.1) is 0 Å². The van der Waals surface area contributed by atoms with Crippen molar-refractivity contribution in [3.63, 3.8) is 0 Å². The lowest BCUT2D eigenvalue weighted by Gasteiger charge is -1.87. The van der Waals surface area contributed by atoms with Gasteiger partial charge in [0.25, 0.3) is 0 Å². The molecule has 0 aromatic rings. The number of hydrogen-bond acceptors (Lipinski definition) is 0. The highest BCUT2D eigenvalue weighted by molar-refractivity contribution is 5.55. The second-order valence-electron chi connectivity index (χ2n) is 3.70. The van der Waals surface area contributed by atoms with Crippen molar-refractivity contribution in [3.05, 3.63) is 11.1 Å². The van der Waals surface area contributed by atoms with Gasteiger partial charge in [0.05, 0.1) is 0 Å². The Bertz CT molecular complexity index is 176. The van der Waals surface area contributed by atoms with Gasteiger partial charge < -0.3 is 0 Å². The number of allylic oxidation sites excluding steroid dienone is 2. The molecule has 1 fully saturated rings. The minimum Gasteiger partial charge on any atom is -0.0627 e. The molecule has 2 aliphatic carbocycles. The molecule has 0 nitrogen and oxygen atoms in total. The molecule has 0 radical (unpaired) electrons. The molecule has 50 valence electrons. The fourth-order valence-corrected chi connectivity index (χ4v) is 2.75. The summed E-state index contributed by atoms with van der Waals surface area (Å²) < 4.78 is 0. The van der Waals surface area contributed by atoms with Gasteiger partial charge in [0.1, 0.15) is 0 Å². The van der Waals surface area contributed by atoms with E-state index in [-0.39, 0.29) is 0 Å². The van der Waals surface area contributed by atoms with Gasteiger partial charge in [0, 0.05) is 5.41 Å². The van der Waals surface area contributed by atoms with Crippen LogP contribution in [0.15, 0.2) is 11.1 Å². The van der Waals surface area contributed by atoms with Gasteiger partial charge in [-0.2, -0.15) is 0 Å². The molecular formula is C9H14. The summed E-state index contributed by atoms with van der Waals surface area (Å²) in [5.74, 6) is 1.91. The zero-order valence-corrected chi connectivity index (χ0v) is 6.65. The quantitative estimate of drug-likeness (QED) is 0.433. The highest BCUT2D eigenvalue weighted by Crippen LogP contribution is 2.77. The Morgan fingerprint density at radius 2 is 1.33 bits per heavy atom. The van der Waals surface area contributed by atoms with Crippen LogP contribution in [0.1, 0.15) is 27.7 Å². The van der Waals surface area contributed by atoms with E-state index in [0.29, 0.717) is 5.41 Å². The second kappa shape index (κ2) is 1.12. The molecule has 0 amide bonds. The molecule has 0 saturated heterocycles. The van der Waals surface area contributed by atoms with E-state index in [1.165, 1.54) is 0 Å². The Hall–Kier alpha value is -0.260. The topological polar surface area (TPSA) is 0 Å². The monoisotopic (exact) mass is 122 g/mol. The lowest BCUT2D eigenvalue weighted by Crippen LogP contribution is -1.80. The van der Waals surface area contributed by atoms with Crippen LogP contribution in [0.25, 0.3) is 0 Å². The summed E-state index contributed by atoms with van der Waals surface area (Å²) in [5.41, 5.74) is 4.03. The van der Waals surface area contributed by atoms with Crippen LogP contribution >= 0.6 is 0 Å². The van der Waals surface area contributed by atoms with E-state index in [2.05, 4.69) is 27.7 Å². The molecule has 0 aromatic heterocycles. The smallest absolute Gasteiger partial charge is 0.0178 e. The summed E-state index contributed by atoms with van der Waals surface area (Å²) in [5, 5.41) is 0. The van der Waals surface area contributed by atoms with Gasteiger partial charge in [0.15, 0.2) is 0 Å². The zero-order chi connectivity index (χ0) is 6.81. The number of rotatable bonds is 0. The number of hydrogen-bond donors (Lipinski definition) is 0. The maximum Gasteiger partial charge on any atom is 0.0178 e. The van der Waals surface area contributed by atoms with Crippen LogP contribution in [0.2, 0.25) is 0 Å². The largest absolute Gasteiger partial charge is 0.0627 e. The van der Waals surface area contributed by atoms with Crippen LogP contribution in [0.3, 0.4) is 0 Å². The predicted octanol–water partition coefficient (Wildman–Crippen LogP) is 2.61. The lowest BCUT2D eigenvalue weighted by atomic mass is 10.2. The predicted molar refractivity (Wildman–Crippen MR) is 39.1 cm³/mol. The SMILES string of the molecule is CC1=C(C)C12C(C)C2C. The molecule has 1 spiro atoms. The van der Waals surface area contributed by atoms with Crippen LogP contribution in [-0.2, 0) is 0 Å². The zero-order valence-electron chi connectivity index (χ0n) is 6.65. The van der Waals surface area contributed by atoms with Crippen LogP contribution in [-0.4, -0.2) is 0 Å². The van der Waals surface area contributed by atoms with Crippen LogP contribution in [0, 0.1) is 17.3 Å². The first-order valence-electron chi connectivity index (χ1n) is 3.82. The van der Waals surface area contributed by atoms with Crippen molar-refractivity contribution in [1.82, 2.24) is 0 Å². The Morgan fingerprint density at radius 3 is 1.33 bits per heavy atom. The Morgan fingerprint density at radius 1 is 1.00 bits per heavy atom. The summed E-state index contributed by atoms with van der Waals surface area (Å²) in [4.78, 5) is 0. The van der Waals surface area contributed by atoms with Crippen molar-refractivity contribution in [1.29, 1.82) is 0 Å². The molecule has 2 atom stereocenters. The molecule has 0 aromatic carbocycles. The van der Waals surface area contributed by atoms with Crippen molar-refractivity contribution in [3.8, 4) is 0 Å². The third kappa shape index (κ3) is 0.331. The fraction of sp³-hybridized carbons (Fsp3) is 0.778.